The molecular weight excluding hydrogens is 363 g/mol. The molecule has 9 heteroatoms. The minimum atomic E-state index is -0.297. The molecule has 4 rings (SSSR count). The fourth-order valence-electron chi connectivity index (χ4n) is 3.45. The number of nitrogens with zero attached hydrogens (tertiary/aromatic N) is 4. The maximum absolute atomic E-state index is 13.1. The Bertz CT molecular complexity index is 952. The SMILES string of the molecule is Cc1nc([C@@H]2CCCN(C(=O)NCc3cn[nH]c3-c3ccc(F)cc3)C2)no1. The first-order valence-corrected chi connectivity index (χ1v) is 9.21. The molecule has 2 amide bonds. The summed E-state index contributed by atoms with van der Waals surface area (Å²) in [7, 11) is 0. The lowest BCUT2D eigenvalue weighted by Crippen LogP contribution is -2.44. The Morgan fingerprint density at radius 2 is 2.21 bits per heavy atom. The number of amides is 2. The first-order valence-electron chi connectivity index (χ1n) is 9.21. The third-order valence-electron chi connectivity index (χ3n) is 4.90. The summed E-state index contributed by atoms with van der Waals surface area (Å²) in [5.41, 5.74) is 2.41. The normalized spacial score (nSPS) is 16.9. The first-order chi connectivity index (χ1) is 13.6. The van der Waals surface area contributed by atoms with Gasteiger partial charge in [0.2, 0.25) is 5.89 Å². The van der Waals surface area contributed by atoms with Crippen molar-refractivity contribution in [2.24, 2.45) is 0 Å². The van der Waals surface area contributed by atoms with Crippen molar-refractivity contribution < 1.29 is 13.7 Å². The highest BCUT2D eigenvalue weighted by Gasteiger charge is 2.27. The van der Waals surface area contributed by atoms with E-state index in [-0.39, 0.29) is 17.8 Å². The van der Waals surface area contributed by atoms with Gasteiger partial charge in [0.05, 0.1) is 11.9 Å². The van der Waals surface area contributed by atoms with Crippen LogP contribution < -0.4 is 5.32 Å². The van der Waals surface area contributed by atoms with Crippen molar-refractivity contribution in [1.29, 1.82) is 0 Å². The zero-order chi connectivity index (χ0) is 19.5. The quantitative estimate of drug-likeness (QED) is 0.720. The number of benzene rings is 1. The summed E-state index contributed by atoms with van der Waals surface area (Å²) >= 11 is 0. The Morgan fingerprint density at radius 1 is 1.39 bits per heavy atom. The maximum Gasteiger partial charge on any atom is 0.317 e. The molecule has 8 nitrogen and oxygen atoms in total. The van der Waals surface area contributed by atoms with E-state index in [4.69, 9.17) is 4.52 Å². The highest BCUT2D eigenvalue weighted by atomic mass is 19.1. The van der Waals surface area contributed by atoms with E-state index in [1.807, 2.05) is 0 Å². The van der Waals surface area contributed by atoms with E-state index in [2.05, 4.69) is 25.7 Å². The number of piperidine rings is 1. The van der Waals surface area contributed by atoms with Crippen LogP contribution in [0, 0.1) is 12.7 Å². The van der Waals surface area contributed by atoms with Gasteiger partial charge in [0.15, 0.2) is 5.82 Å². The van der Waals surface area contributed by atoms with E-state index in [9.17, 15) is 9.18 Å². The van der Waals surface area contributed by atoms with Gasteiger partial charge in [-0.2, -0.15) is 10.1 Å². The van der Waals surface area contributed by atoms with Crippen LogP contribution in [0.4, 0.5) is 9.18 Å². The minimum absolute atomic E-state index is 0.0839. The molecule has 1 atom stereocenters. The largest absolute Gasteiger partial charge is 0.340 e. The number of halogens is 1. The van der Waals surface area contributed by atoms with Gasteiger partial charge in [0.25, 0.3) is 0 Å². The van der Waals surface area contributed by atoms with Gasteiger partial charge in [-0.3, -0.25) is 5.10 Å². The van der Waals surface area contributed by atoms with Crippen molar-refractivity contribution in [3.05, 3.63) is 53.6 Å². The van der Waals surface area contributed by atoms with Crippen LogP contribution in [0.3, 0.4) is 0 Å². The van der Waals surface area contributed by atoms with Crippen molar-refractivity contribution in [1.82, 2.24) is 30.6 Å². The molecule has 0 bridgehead atoms. The molecule has 3 aromatic rings. The fraction of sp³-hybridized carbons (Fsp3) is 0.368. The Balaban J connectivity index is 1.38. The molecule has 0 radical (unpaired) electrons. The average molecular weight is 384 g/mol. The first kappa shape index (κ1) is 18.1. The number of hydrogen-bond acceptors (Lipinski definition) is 5. The average Bonchev–Trinajstić information content (AvgIpc) is 3.36. The molecule has 2 aromatic heterocycles. The van der Waals surface area contributed by atoms with Crippen LogP contribution in [0.1, 0.15) is 36.0 Å². The Labute approximate surface area is 161 Å². The van der Waals surface area contributed by atoms with Crippen molar-refractivity contribution in [2.45, 2.75) is 32.2 Å². The Morgan fingerprint density at radius 3 is 2.96 bits per heavy atom. The van der Waals surface area contributed by atoms with Gasteiger partial charge in [-0.15, -0.1) is 0 Å². The summed E-state index contributed by atoms with van der Waals surface area (Å²) in [5.74, 6) is 0.975. The second kappa shape index (κ2) is 7.79. The monoisotopic (exact) mass is 384 g/mol. The fourth-order valence-corrected chi connectivity index (χ4v) is 3.45. The van der Waals surface area contributed by atoms with Crippen molar-refractivity contribution in [3.63, 3.8) is 0 Å². The van der Waals surface area contributed by atoms with Crippen LogP contribution in [0.15, 0.2) is 35.0 Å². The van der Waals surface area contributed by atoms with Crippen LogP contribution >= 0.6 is 0 Å². The number of hydrogen-bond donors (Lipinski definition) is 2. The molecular formula is C19H21FN6O2. The van der Waals surface area contributed by atoms with Crippen LogP contribution in [-0.2, 0) is 6.54 Å². The molecule has 28 heavy (non-hydrogen) atoms. The van der Waals surface area contributed by atoms with Gasteiger partial charge in [0.1, 0.15) is 5.82 Å². The second-order valence-corrected chi connectivity index (χ2v) is 6.89. The molecule has 0 aliphatic carbocycles. The van der Waals surface area contributed by atoms with E-state index in [1.165, 1.54) is 12.1 Å². The lowest BCUT2D eigenvalue weighted by atomic mass is 9.98. The van der Waals surface area contributed by atoms with E-state index in [0.717, 1.165) is 29.7 Å². The number of aryl methyl sites for hydroxylation is 1. The topological polar surface area (TPSA) is 99.9 Å². The number of aromatic amines is 1. The van der Waals surface area contributed by atoms with Crippen molar-refractivity contribution >= 4 is 6.03 Å². The number of H-pyrrole nitrogens is 1. The standard InChI is InChI=1S/C19H21FN6O2/c1-12-23-18(25-28-12)14-3-2-8-26(11-14)19(27)21-9-15-10-22-24-17(15)13-4-6-16(20)7-5-13/h4-7,10,14H,2-3,8-9,11H2,1H3,(H,21,27)(H,22,24)/t14-/m1/s1. The molecule has 2 N–H and O–H groups in total. The molecule has 0 saturated carbocycles. The smallest absolute Gasteiger partial charge is 0.317 e. The van der Waals surface area contributed by atoms with Crippen LogP contribution in [0.5, 0.6) is 0 Å². The number of carbonyl (C=O) groups excluding carboxylic acids is 1. The third kappa shape index (κ3) is 3.88. The molecule has 1 aliphatic heterocycles. The molecule has 1 aromatic carbocycles. The lowest BCUT2D eigenvalue weighted by Gasteiger charge is -2.31. The number of urea groups is 1. The minimum Gasteiger partial charge on any atom is -0.340 e. The molecule has 0 unspecified atom stereocenters. The Hall–Kier alpha value is -3.23. The third-order valence-corrected chi connectivity index (χ3v) is 4.90. The van der Waals surface area contributed by atoms with E-state index in [0.29, 0.717) is 31.3 Å². The van der Waals surface area contributed by atoms with Gasteiger partial charge < -0.3 is 14.7 Å². The highest BCUT2D eigenvalue weighted by molar-refractivity contribution is 5.75. The van der Waals surface area contributed by atoms with Crippen molar-refractivity contribution in [2.75, 3.05) is 13.1 Å². The summed E-state index contributed by atoms with van der Waals surface area (Å²) in [4.78, 5) is 18.7. The number of carbonyl (C=O) groups is 1. The highest BCUT2D eigenvalue weighted by Crippen LogP contribution is 2.25. The molecule has 1 fully saturated rings. The van der Waals surface area contributed by atoms with Gasteiger partial charge in [0, 0.05) is 43.6 Å². The number of aromatic nitrogens is 4. The van der Waals surface area contributed by atoms with Gasteiger partial charge in [-0.05, 0) is 37.1 Å². The van der Waals surface area contributed by atoms with Gasteiger partial charge >= 0.3 is 6.03 Å². The zero-order valence-electron chi connectivity index (χ0n) is 15.5. The summed E-state index contributed by atoms with van der Waals surface area (Å²) in [6, 6.07) is 6.00. The molecule has 0 spiro atoms. The molecule has 1 saturated heterocycles. The van der Waals surface area contributed by atoms with Gasteiger partial charge in [-0.1, -0.05) is 5.16 Å². The predicted octanol–water partition coefficient (Wildman–Crippen LogP) is 3.00. The van der Waals surface area contributed by atoms with Crippen LogP contribution in [-0.4, -0.2) is 44.4 Å². The van der Waals surface area contributed by atoms with Crippen LogP contribution in [0.25, 0.3) is 11.3 Å². The molecule has 1 aliphatic rings. The molecule has 3 heterocycles. The van der Waals surface area contributed by atoms with Crippen LogP contribution in [0.2, 0.25) is 0 Å². The predicted molar refractivity (Wildman–Crippen MR) is 98.8 cm³/mol. The summed E-state index contributed by atoms with van der Waals surface area (Å²) in [6.45, 7) is 3.33. The zero-order valence-corrected chi connectivity index (χ0v) is 15.5. The molecule has 146 valence electrons. The summed E-state index contributed by atoms with van der Waals surface area (Å²) in [5, 5.41) is 13.9. The lowest BCUT2D eigenvalue weighted by molar-refractivity contribution is 0.177. The second-order valence-electron chi connectivity index (χ2n) is 6.89. The number of rotatable bonds is 4. The van der Waals surface area contributed by atoms with Crippen molar-refractivity contribution in [3.8, 4) is 11.3 Å². The number of likely N-dealkylation sites (tertiary alicyclic amines) is 1. The summed E-state index contributed by atoms with van der Waals surface area (Å²) in [6.07, 6.45) is 3.48. The summed E-state index contributed by atoms with van der Waals surface area (Å²) < 4.78 is 18.2. The maximum atomic E-state index is 13.1. The van der Waals surface area contributed by atoms with E-state index >= 15 is 0 Å². The number of nitrogens with one attached hydrogen (secondary N) is 2. The van der Waals surface area contributed by atoms with E-state index < -0.39 is 0 Å². The van der Waals surface area contributed by atoms with E-state index in [1.54, 1.807) is 30.2 Å². The Kier molecular flexibility index (Phi) is 5.05. The van der Waals surface area contributed by atoms with Gasteiger partial charge in [-0.25, -0.2) is 9.18 Å².